The second-order valence-corrected chi connectivity index (χ2v) is 10.5. The fraction of sp³-hybridized carbons (Fsp3) is 0.387. The van der Waals surface area contributed by atoms with Crippen molar-refractivity contribution in [3.05, 3.63) is 65.9 Å². The number of hydrogen-bond acceptors (Lipinski definition) is 8. The summed E-state index contributed by atoms with van der Waals surface area (Å²) >= 11 is 0. The first-order valence-corrected chi connectivity index (χ1v) is 14.6. The predicted octanol–water partition coefficient (Wildman–Crippen LogP) is 5.59. The van der Waals surface area contributed by atoms with Crippen molar-refractivity contribution in [3.8, 4) is 11.5 Å². The minimum atomic E-state index is -4.50. The third-order valence-electron chi connectivity index (χ3n) is 7.38. The molecule has 0 spiro atoms. The van der Waals surface area contributed by atoms with Gasteiger partial charge in [0.05, 0.1) is 16.6 Å². The molecule has 1 aliphatic heterocycles. The first-order chi connectivity index (χ1) is 21.2. The van der Waals surface area contributed by atoms with Gasteiger partial charge in [0.15, 0.2) is 0 Å². The van der Waals surface area contributed by atoms with Crippen molar-refractivity contribution >= 4 is 34.4 Å². The Morgan fingerprint density at radius 1 is 1.05 bits per heavy atom. The first-order valence-electron chi connectivity index (χ1n) is 14.6. The van der Waals surface area contributed by atoms with Crippen LogP contribution in [0.15, 0.2) is 54.7 Å². The number of hydrogen-bond donors (Lipinski definition) is 4. The Balaban J connectivity index is 1.28. The van der Waals surface area contributed by atoms with Gasteiger partial charge in [-0.3, -0.25) is 4.79 Å². The van der Waals surface area contributed by atoms with Crippen molar-refractivity contribution in [2.75, 3.05) is 43.5 Å². The number of aromatic nitrogens is 3. The van der Waals surface area contributed by atoms with Crippen molar-refractivity contribution in [1.82, 2.24) is 25.2 Å². The molecule has 234 valence electrons. The number of halogens is 3. The number of rotatable bonds is 12. The number of alkyl halides is 3. The minimum Gasteiger partial charge on any atom is -0.457 e. The molecule has 4 aromatic rings. The molecule has 3 heterocycles. The van der Waals surface area contributed by atoms with Crippen LogP contribution in [0.1, 0.15) is 30.9 Å². The van der Waals surface area contributed by atoms with Gasteiger partial charge in [-0.2, -0.15) is 13.2 Å². The van der Waals surface area contributed by atoms with E-state index in [1.165, 1.54) is 6.07 Å². The molecule has 4 N–H and O–H groups in total. The average Bonchev–Trinajstić information content (AvgIpc) is 3.31. The molecule has 0 bridgehead atoms. The molecule has 1 saturated heterocycles. The highest BCUT2D eigenvalue weighted by molar-refractivity contribution is 5.91. The second kappa shape index (κ2) is 14.1. The lowest BCUT2D eigenvalue weighted by Crippen LogP contribution is -2.28. The van der Waals surface area contributed by atoms with Crippen molar-refractivity contribution in [2.45, 2.75) is 32.5 Å². The van der Waals surface area contributed by atoms with Gasteiger partial charge in [-0.05, 0) is 55.3 Å². The number of carbonyl (C=O) groups excluding carboxylic acids is 1. The van der Waals surface area contributed by atoms with Crippen LogP contribution in [0.4, 0.5) is 30.6 Å². The molecule has 1 fully saturated rings. The summed E-state index contributed by atoms with van der Waals surface area (Å²) < 4.78 is 54.8. The van der Waals surface area contributed by atoms with Crippen LogP contribution < -0.4 is 26.0 Å². The molecule has 44 heavy (non-hydrogen) atoms. The lowest BCUT2D eigenvalue weighted by molar-refractivity contribution is -0.138. The number of nitrogens with one attached hydrogen (secondary N) is 4. The predicted molar refractivity (Wildman–Crippen MR) is 162 cm³/mol. The van der Waals surface area contributed by atoms with E-state index in [1.807, 2.05) is 6.92 Å². The lowest BCUT2D eigenvalue weighted by Gasteiger charge is -2.21. The van der Waals surface area contributed by atoms with Crippen LogP contribution >= 0.6 is 0 Å². The van der Waals surface area contributed by atoms with E-state index in [0.29, 0.717) is 73.4 Å². The van der Waals surface area contributed by atoms with Gasteiger partial charge in [-0.1, -0.05) is 13.0 Å². The standard InChI is InChI=1S/C31H36F3N7O3/c1-3-35-12-13-36-19-21-4-5-22(16-25(21)31(32,33)34)38-30-39-26-7-6-23(17-27(26)41(30)2)44-24-8-11-37-28(18-24)40-29(42)20-9-14-43-15-10-20/h4-8,11,16-18,20,35-36H,3,9-10,12-15,19H2,1-2H3,(H,38,39)(H,37,40,42). The van der Waals surface area contributed by atoms with E-state index in [4.69, 9.17) is 9.47 Å². The average molecular weight is 612 g/mol. The van der Waals surface area contributed by atoms with Crippen molar-refractivity contribution < 1.29 is 27.4 Å². The van der Waals surface area contributed by atoms with E-state index in [1.54, 1.807) is 54.2 Å². The fourth-order valence-corrected chi connectivity index (χ4v) is 4.99. The monoisotopic (exact) mass is 611 g/mol. The summed E-state index contributed by atoms with van der Waals surface area (Å²) in [6.45, 7) is 5.26. The van der Waals surface area contributed by atoms with Crippen LogP contribution in [-0.4, -0.2) is 53.3 Å². The van der Waals surface area contributed by atoms with Crippen LogP contribution in [0.3, 0.4) is 0 Å². The number of likely N-dealkylation sites (N-methyl/N-ethyl adjacent to an activating group) is 1. The maximum absolute atomic E-state index is 13.9. The number of aryl methyl sites for hydroxylation is 1. The van der Waals surface area contributed by atoms with Crippen LogP contribution in [-0.2, 0) is 29.3 Å². The molecule has 0 unspecified atom stereocenters. The summed E-state index contributed by atoms with van der Waals surface area (Å²) in [5.74, 6) is 1.56. The molecular formula is C31H36F3N7O3. The molecule has 0 radical (unpaired) electrons. The Kier molecular flexibility index (Phi) is 9.98. The maximum Gasteiger partial charge on any atom is 0.416 e. The van der Waals surface area contributed by atoms with Crippen molar-refractivity contribution in [3.63, 3.8) is 0 Å². The second-order valence-electron chi connectivity index (χ2n) is 10.5. The largest absolute Gasteiger partial charge is 0.457 e. The van der Waals surface area contributed by atoms with Gasteiger partial charge in [0.1, 0.15) is 17.3 Å². The molecule has 2 aromatic carbocycles. The molecule has 1 amide bonds. The molecule has 2 aromatic heterocycles. The van der Waals surface area contributed by atoms with E-state index < -0.39 is 11.7 Å². The van der Waals surface area contributed by atoms with Crippen molar-refractivity contribution in [2.24, 2.45) is 13.0 Å². The zero-order valence-corrected chi connectivity index (χ0v) is 24.6. The molecular weight excluding hydrogens is 575 g/mol. The molecule has 13 heteroatoms. The molecule has 0 saturated carbocycles. The van der Waals surface area contributed by atoms with E-state index in [-0.39, 0.29) is 29.6 Å². The summed E-state index contributed by atoms with van der Waals surface area (Å²) in [5, 5.41) is 12.1. The molecule has 1 aliphatic rings. The number of amides is 1. The van der Waals surface area contributed by atoms with Gasteiger partial charge >= 0.3 is 6.18 Å². The Labute approximate surface area is 253 Å². The fourth-order valence-electron chi connectivity index (χ4n) is 4.99. The summed E-state index contributed by atoms with van der Waals surface area (Å²) in [7, 11) is 1.77. The summed E-state index contributed by atoms with van der Waals surface area (Å²) in [4.78, 5) is 21.4. The smallest absolute Gasteiger partial charge is 0.416 e. The number of imidazole rings is 1. The lowest BCUT2D eigenvalue weighted by atomic mass is 9.99. The van der Waals surface area contributed by atoms with E-state index in [9.17, 15) is 18.0 Å². The number of ether oxygens (including phenoxy) is 2. The number of pyridine rings is 1. The quantitative estimate of drug-likeness (QED) is 0.154. The van der Waals surface area contributed by atoms with Gasteiger partial charge in [-0.25, -0.2) is 9.97 Å². The number of anilines is 3. The minimum absolute atomic E-state index is 0.0945. The van der Waals surface area contributed by atoms with Crippen LogP contribution in [0, 0.1) is 5.92 Å². The zero-order chi connectivity index (χ0) is 31.1. The highest BCUT2D eigenvalue weighted by Gasteiger charge is 2.33. The Hall–Kier alpha value is -4.20. The van der Waals surface area contributed by atoms with Crippen LogP contribution in [0.25, 0.3) is 11.0 Å². The van der Waals surface area contributed by atoms with Gasteiger partial charge in [0, 0.05) is 69.8 Å². The van der Waals surface area contributed by atoms with E-state index in [0.717, 1.165) is 12.6 Å². The molecule has 10 nitrogen and oxygen atoms in total. The van der Waals surface area contributed by atoms with Crippen LogP contribution in [0.2, 0.25) is 0 Å². The summed E-state index contributed by atoms with van der Waals surface area (Å²) in [6.07, 6.45) is -1.60. The topological polar surface area (TPSA) is 114 Å². The SMILES string of the molecule is CCNCCNCc1ccc(Nc2nc3ccc(Oc4ccnc(NC(=O)C5CCOCC5)c4)cc3n2C)cc1C(F)(F)F. The van der Waals surface area contributed by atoms with E-state index in [2.05, 4.69) is 31.2 Å². The van der Waals surface area contributed by atoms with Gasteiger partial charge < -0.3 is 35.3 Å². The summed E-state index contributed by atoms with van der Waals surface area (Å²) in [5.41, 5.74) is 1.10. The number of carbonyl (C=O) groups is 1. The van der Waals surface area contributed by atoms with E-state index >= 15 is 0 Å². The Bertz CT molecular complexity index is 1590. The Morgan fingerprint density at radius 2 is 1.82 bits per heavy atom. The zero-order valence-electron chi connectivity index (χ0n) is 24.6. The molecule has 5 rings (SSSR count). The first kappa shape index (κ1) is 31.2. The highest BCUT2D eigenvalue weighted by atomic mass is 19.4. The van der Waals surface area contributed by atoms with Crippen LogP contribution in [0.5, 0.6) is 11.5 Å². The Morgan fingerprint density at radius 3 is 2.59 bits per heavy atom. The number of nitrogens with zero attached hydrogens (tertiary/aromatic N) is 3. The normalized spacial score (nSPS) is 14.1. The molecule has 0 atom stereocenters. The molecule has 0 aliphatic carbocycles. The third kappa shape index (κ3) is 7.84. The third-order valence-corrected chi connectivity index (χ3v) is 7.38. The number of fused-ring (bicyclic) bond motifs is 1. The van der Waals surface area contributed by atoms with Gasteiger partial charge in [0.25, 0.3) is 0 Å². The number of benzene rings is 2. The van der Waals surface area contributed by atoms with Crippen molar-refractivity contribution in [1.29, 1.82) is 0 Å². The summed E-state index contributed by atoms with van der Waals surface area (Å²) in [6, 6.07) is 12.9. The van der Waals surface area contributed by atoms with Gasteiger partial charge in [0.2, 0.25) is 11.9 Å². The maximum atomic E-state index is 13.9. The van der Waals surface area contributed by atoms with Gasteiger partial charge in [-0.15, -0.1) is 0 Å². The highest BCUT2D eigenvalue weighted by Crippen LogP contribution is 2.35.